The average Bonchev–Trinajstić information content (AvgIpc) is 2.35. The molecule has 92 valence electrons. The Bertz CT molecular complexity index is 395. The first-order valence-corrected chi connectivity index (χ1v) is 5.81. The van der Waals surface area contributed by atoms with E-state index in [1.54, 1.807) is 4.90 Å². The number of nitrogens with two attached hydrogens (primary N) is 1. The van der Waals surface area contributed by atoms with E-state index >= 15 is 0 Å². The van der Waals surface area contributed by atoms with Crippen LogP contribution in [0, 0.1) is 0 Å². The van der Waals surface area contributed by atoms with E-state index in [4.69, 9.17) is 5.73 Å². The molecule has 0 atom stereocenters. The van der Waals surface area contributed by atoms with Crippen molar-refractivity contribution in [3.05, 3.63) is 47.5 Å². The number of carbonyl (C=O) groups excluding carboxylic acids is 1. The molecule has 0 saturated heterocycles. The fourth-order valence-electron chi connectivity index (χ4n) is 1.62. The Kier molecular flexibility index (Phi) is 4.91. The van der Waals surface area contributed by atoms with Gasteiger partial charge in [-0.25, -0.2) is 0 Å². The Morgan fingerprint density at radius 1 is 1.35 bits per heavy atom. The molecule has 0 aliphatic rings. The molecule has 3 nitrogen and oxygen atoms in total. The Morgan fingerprint density at radius 3 is 2.35 bits per heavy atom. The van der Waals surface area contributed by atoms with Crippen LogP contribution in [0.4, 0.5) is 0 Å². The molecule has 1 aromatic carbocycles. The van der Waals surface area contributed by atoms with E-state index in [1.165, 1.54) is 0 Å². The lowest BCUT2D eigenvalue weighted by atomic mass is 10.1. The van der Waals surface area contributed by atoms with Gasteiger partial charge in [0.15, 0.2) is 0 Å². The Balaban J connectivity index is 2.82. The van der Waals surface area contributed by atoms with Gasteiger partial charge in [0.25, 0.3) is 5.91 Å². The minimum absolute atomic E-state index is 0.0408. The second-order valence-electron chi connectivity index (χ2n) is 4.18. The van der Waals surface area contributed by atoms with Crippen molar-refractivity contribution in [1.29, 1.82) is 0 Å². The van der Waals surface area contributed by atoms with Crippen LogP contribution in [0.5, 0.6) is 0 Å². The third-order valence-electron chi connectivity index (χ3n) is 2.57. The number of benzene rings is 1. The lowest BCUT2D eigenvalue weighted by Gasteiger charge is -2.21. The summed E-state index contributed by atoms with van der Waals surface area (Å²) in [6, 6.07) is 7.43. The zero-order chi connectivity index (χ0) is 12.8. The summed E-state index contributed by atoms with van der Waals surface area (Å²) in [5.41, 5.74) is 8.24. The lowest BCUT2D eigenvalue weighted by molar-refractivity contribution is 0.0778. The highest BCUT2D eigenvalue weighted by Crippen LogP contribution is 2.08. The van der Waals surface area contributed by atoms with E-state index in [1.807, 2.05) is 38.1 Å². The molecule has 0 saturated carbocycles. The predicted molar refractivity (Wildman–Crippen MR) is 70.7 cm³/mol. The topological polar surface area (TPSA) is 46.3 Å². The van der Waals surface area contributed by atoms with Gasteiger partial charge in [-0.2, -0.15) is 0 Å². The zero-order valence-corrected chi connectivity index (χ0v) is 10.6. The fraction of sp³-hybridized carbons (Fsp3) is 0.357. The Labute approximate surface area is 103 Å². The van der Waals surface area contributed by atoms with Gasteiger partial charge in [0.1, 0.15) is 0 Å². The van der Waals surface area contributed by atoms with E-state index in [0.29, 0.717) is 25.2 Å². The molecule has 0 spiro atoms. The smallest absolute Gasteiger partial charge is 0.254 e. The van der Waals surface area contributed by atoms with Gasteiger partial charge in [-0.3, -0.25) is 4.79 Å². The van der Waals surface area contributed by atoms with Crippen molar-refractivity contribution in [3.63, 3.8) is 0 Å². The maximum Gasteiger partial charge on any atom is 0.254 e. The Morgan fingerprint density at radius 2 is 1.94 bits per heavy atom. The molecule has 1 amide bonds. The average molecular weight is 232 g/mol. The molecular formula is C14H20N2O. The van der Waals surface area contributed by atoms with Gasteiger partial charge in [-0.1, -0.05) is 24.3 Å². The van der Waals surface area contributed by atoms with E-state index in [2.05, 4.69) is 6.58 Å². The summed E-state index contributed by atoms with van der Waals surface area (Å²) in [5, 5.41) is 0. The largest absolute Gasteiger partial charge is 0.335 e. The van der Waals surface area contributed by atoms with Gasteiger partial charge >= 0.3 is 0 Å². The standard InChI is InChI=1S/C14H20N2O/c1-4-16(10-11(2)3)14(17)13-7-5-12(9-15)6-8-13/h5-8H,2,4,9-10,15H2,1,3H3. The van der Waals surface area contributed by atoms with E-state index < -0.39 is 0 Å². The first-order valence-electron chi connectivity index (χ1n) is 5.81. The summed E-state index contributed by atoms with van der Waals surface area (Å²) in [7, 11) is 0. The minimum Gasteiger partial charge on any atom is -0.335 e. The van der Waals surface area contributed by atoms with Crippen molar-refractivity contribution in [3.8, 4) is 0 Å². The van der Waals surface area contributed by atoms with Crippen molar-refractivity contribution in [1.82, 2.24) is 4.90 Å². The van der Waals surface area contributed by atoms with Crippen LogP contribution in [-0.2, 0) is 6.54 Å². The van der Waals surface area contributed by atoms with Gasteiger partial charge in [0, 0.05) is 25.2 Å². The maximum atomic E-state index is 12.2. The summed E-state index contributed by atoms with van der Waals surface area (Å²) in [5.74, 6) is 0.0408. The van der Waals surface area contributed by atoms with E-state index in [-0.39, 0.29) is 5.91 Å². The summed E-state index contributed by atoms with van der Waals surface area (Å²) >= 11 is 0. The highest BCUT2D eigenvalue weighted by Gasteiger charge is 2.13. The summed E-state index contributed by atoms with van der Waals surface area (Å²) in [6.07, 6.45) is 0. The summed E-state index contributed by atoms with van der Waals surface area (Å²) in [4.78, 5) is 13.9. The molecule has 1 rings (SSSR count). The molecule has 0 aliphatic carbocycles. The summed E-state index contributed by atoms with van der Waals surface area (Å²) in [6.45, 7) is 9.52. The third kappa shape index (κ3) is 3.71. The van der Waals surface area contributed by atoms with Crippen LogP contribution in [0.1, 0.15) is 29.8 Å². The van der Waals surface area contributed by atoms with Crippen LogP contribution in [0.25, 0.3) is 0 Å². The number of rotatable bonds is 5. The van der Waals surface area contributed by atoms with Gasteiger partial charge < -0.3 is 10.6 Å². The molecule has 3 heteroatoms. The van der Waals surface area contributed by atoms with Gasteiger partial charge in [0.2, 0.25) is 0 Å². The Hall–Kier alpha value is -1.61. The van der Waals surface area contributed by atoms with Gasteiger partial charge in [-0.15, -0.1) is 0 Å². The molecule has 0 unspecified atom stereocenters. The second kappa shape index (κ2) is 6.21. The number of hydrogen-bond donors (Lipinski definition) is 1. The lowest BCUT2D eigenvalue weighted by Crippen LogP contribution is -2.32. The molecule has 0 heterocycles. The van der Waals surface area contributed by atoms with Crippen LogP contribution in [0.15, 0.2) is 36.4 Å². The normalized spacial score (nSPS) is 10.1. The summed E-state index contributed by atoms with van der Waals surface area (Å²) < 4.78 is 0. The zero-order valence-electron chi connectivity index (χ0n) is 10.6. The van der Waals surface area contributed by atoms with Crippen molar-refractivity contribution < 1.29 is 4.79 Å². The predicted octanol–water partition coefficient (Wildman–Crippen LogP) is 2.18. The number of nitrogens with zero attached hydrogens (tertiary/aromatic N) is 1. The number of amides is 1. The maximum absolute atomic E-state index is 12.2. The molecule has 0 radical (unpaired) electrons. The SMILES string of the molecule is C=C(C)CN(CC)C(=O)c1ccc(CN)cc1. The van der Waals surface area contributed by atoms with Crippen molar-refractivity contribution >= 4 is 5.91 Å². The van der Waals surface area contributed by atoms with Crippen LogP contribution < -0.4 is 5.73 Å². The van der Waals surface area contributed by atoms with Crippen molar-refractivity contribution in [2.45, 2.75) is 20.4 Å². The molecule has 0 bridgehead atoms. The second-order valence-corrected chi connectivity index (χ2v) is 4.18. The van der Waals surface area contributed by atoms with Crippen molar-refractivity contribution in [2.75, 3.05) is 13.1 Å². The first-order chi connectivity index (χ1) is 8.08. The van der Waals surface area contributed by atoms with Crippen molar-refractivity contribution in [2.24, 2.45) is 5.73 Å². The molecule has 17 heavy (non-hydrogen) atoms. The highest BCUT2D eigenvalue weighted by molar-refractivity contribution is 5.94. The van der Waals surface area contributed by atoms with Gasteiger partial charge in [-0.05, 0) is 31.5 Å². The van der Waals surface area contributed by atoms with Crippen LogP contribution in [0.3, 0.4) is 0 Å². The number of carbonyl (C=O) groups is 1. The number of likely N-dealkylation sites (N-methyl/N-ethyl adjacent to an activating group) is 1. The molecule has 0 aliphatic heterocycles. The number of hydrogen-bond acceptors (Lipinski definition) is 2. The quantitative estimate of drug-likeness (QED) is 0.791. The minimum atomic E-state index is 0.0408. The molecule has 2 N–H and O–H groups in total. The van der Waals surface area contributed by atoms with Crippen LogP contribution in [-0.4, -0.2) is 23.9 Å². The molecule has 0 aromatic heterocycles. The van der Waals surface area contributed by atoms with Gasteiger partial charge in [0.05, 0.1) is 0 Å². The molecular weight excluding hydrogens is 212 g/mol. The van der Waals surface area contributed by atoms with Crippen LogP contribution >= 0.6 is 0 Å². The third-order valence-corrected chi connectivity index (χ3v) is 2.57. The van der Waals surface area contributed by atoms with E-state index in [9.17, 15) is 4.79 Å². The monoisotopic (exact) mass is 232 g/mol. The van der Waals surface area contributed by atoms with E-state index in [0.717, 1.165) is 11.1 Å². The molecule has 1 aromatic rings. The first kappa shape index (κ1) is 13.5. The highest BCUT2D eigenvalue weighted by atomic mass is 16.2. The fourth-order valence-corrected chi connectivity index (χ4v) is 1.62. The molecule has 0 fully saturated rings. The van der Waals surface area contributed by atoms with Crippen LogP contribution in [0.2, 0.25) is 0 Å².